The van der Waals surface area contributed by atoms with E-state index in [1.807, 2.05) is 30.3 Å². The van der Waals surface area contributed by atoms with Gasteiger partial charge in [0.05, 0.1) is 41.9 Å². The topological polar surface area (TPSA) is 76.5 Å². The van der Waals surface area contributed by atoms with Crippen LogP contribution in [0, 0.1) is 17.1 Å². The van der Waals surface area contributed by atoms with Crippen molar-refractivity contribution in [2.24, 2.45) is 0 Å². The minimum Gasteiger partial charge on any atom is -0.496 e. The standard InChI is InChI=1S/C24H23FN6O/c1-32-22-4-2-3-19(25)23(22)20-13-18-21(15-27-20)28-29-24(18)31-11-9-30(10-12-31)17-7-5-16(14-26)6-8-17/h2-8,13,15,24,28-29H,9-12H2,1H3. The molecule has 1 saturated heterocycles. The first-order chi connectivity index (χ1) is 15.7. The highest BCUT2D eigenvalue weighted by Gasteiger charge is 2.31. The van der Waals surface area contributed by atoms with Crippen molar-refractivity contribution in [2.45, 2.75) is 6.17 Å². The number of nitrogens with zero attached hydrogens (tertiary/aromatic N) is 4. The number of pyridine rings is 1. The molecule has 2 aromatic carbocycles. The van der Waals surface area contributed by atoms with Crippen molar-refractivity contribution in [1.82, 2.24) is 15.3 Å². The Balaban J connectivity index is 1.35. The van der Waals surface area contributed by atoms with Gasteiger partial charge in [0.15, 0.2) is 0 Å². The van der Waals surface area contributed by atoms with Crippen LogP contribution in [0.4, 0.5) is 15.8 Å². The molecule has 1 aromatic heterocycles. The van der Waals surface area contributed by atoms with Gasteiger partial charge in [0.2, 0.25) is 0 Å². The third kappa shape index (κ3) is 3.62. The molecule has 2 N–H and O–H groups in total. The summed E-state index contributed by atoms with van der Waals surface area (Å²) < 4.78 is 20.0. The summed E-state index contributed by atoms with van der Waals surface area (Å²) in [5, 5.41) is 9.00. The zero-order valence-electron chi connectivity index (χ0n) is 17.7. The zero-order valence-corrected chi connectivity index (χ0v) is 17.7. The number of nitriles is 1. The number of fused-ring (bicyclic) bond motifs is 1. The van der Waals surface area contributed by atoms with E-state index in [-0.39, 0.29) is 12.0 Å². The van der Waals surface area contributed by atoms with Gasteiger partial charge in [-0.25, -0.2) is 9.82 Å². The Kier molecular flexibility index (Phi) is 5.35. The maximum atomic E-state index is 14.6. The first kappa shape index (κ1) is 20.2. The molecule has 8 heteroatoms. The monoisotopic (exact) mass is 430 g/mol. The summed E-state index contributed by atoms with van der Waals surface area (Å²) in [6.45, 7) is 3.47. The molecule has 32 heavy (non-hydrogen) atoms. The highest BCUT2D eigenvalue weighted by Crippen LogP contribution is 2.37. The summed E-state index contributed by atoms with van der Waals surface area (Å²) in [7, 11) is 1.53. The van der Waals surface area contributed by atoms with Crippen molar-refractivity contribution >= 4 is 11.4 Å². The summed E-state index contributed by atoms with van der Waals surface area (Å²) in [6, 6.07) is 16.6. The summed E-state index contributed by atoms with van der Waals surface area (Å²) >= 11 is 0. The molecular weight excluding hydrogens is 407 g/mol. The lowest BCUT2D eigenvalue weighted by molar-refractivity contribution is 0.170. The molecule has 1 atom stereocenters. The fraction of sp³-hybridized carbons (Fsp3) is 0.250. The van der Waals surface area contributed by atoms with Gasteiger partial charge in [0, 0.05) is 37.4 Å². The van der Waals surface area contributed by atoms with E-state index in [9.17, 15) is 4.39 Å². The minimum absolute atomic E-state index is 0.0346. The van der Waals surface area contributed by atoms with Gasteiger partial charge < -0.3 is 15.1 Å². The fourth-order valence-electron chi connectivity index (χ4n) is 4.36. The molecule has 3 heterocycles. The summed E-state index contributed by atoms with van der Waals surface area (Å²) in [4.78, 5) is 9.15. The van der Waals surface area contributed by atoms with Gasteiger partial charge in [-0.2, -0.15) is 5.26 Å². The average Bonchev–Trinajstić information content (AvgIpc) is 3.27. The van der Waals surface area contributed by atoms with Crippen LogP contribution in [0.1, 0.15) is 17.3 Å². The molecular formula is C24H23FN6O. The smallest absolute Gasteiger partial charge is 0.136 e. The molecule has 1 unspecified atom stereocenters. The van der Waals surface area contributed by atoms with Gasteiger partial charge >= 0.3 is 0 Å². The van der Waals surface area contributed by atoms with Crippen LogP contribution in [0.5, 0.6) is 5.75 Å². The van der Waals surface area contributed by atoms with Gasteiger partial charge in [-0.1, -0.05) is 6.07 Å². The fourth-order valence-corrected chi connectivity index (χ4v) is 4.36. The molecule has 2 aliphatic heterocycles. The van der Waals surface area contributed by atoms with Crippen LogP contribution in [-0.4, -0.2) is 43.2 Å². The van der Waals surface area contributed by atoms with Crippen LogP contribution < -0.4 is 20.5 Å². The molecule has 0 aliphatic carbocycles. The number of ether oxygens (including phenoxy) is 1. The number of hydrazine groups is 1. The Labute approximate surface area is 186 Å². The summed E-state index contributed by atoms with van der Waals surface area (Å²) in [5.41, 5.74) is 11.2. The number of hydrogen-bond acceptors (Lipinski definition) is 7. The number of methoxy groups -OCH3 is 1. The Morgan fingerprint density at radius 1 is 1.12 bits per heavy atom. The minimum atomic E-state index is -0.358. The van der Waals surface area contributed by atoms with Crippen LogP contribution in [0.25, 0.3) is 11.3 Å². The Bertz CT molecular complexity index is 1170. The Morgan fingerprint density at radius 2 is 1.91 bits per heavy atom. The lowest BCUT2D eigenvalue weighted by Gasteiger charge is -2.39. The molecule has 2 aliphatic rings. The van der Waals surface area contributed by atoms with Gasteiger partial charge in [-0.05, 0) is 42.5 Å². The van der Waals surface area contributed by atoms with E-state index in [2.05, 4.69) is 31.7 Å². The van der Waals surface area contributed by atoms with E-state index in [1.54, 1.807) is 18.3 Å². The maximum Gasteiger partial charge on any atom is 0.136 e. The van der Waals surface area contributed by atoms with Gasteiger partial charge in [-0.3, -0.25) is 9.88 Å². The van der Waals surface area contributed by atoms with Gasteiger partial charge in [-0.15, -0.1) is 0 Å². The highest BCUT2D eigenvalue weighted by molar-refractivity contribution is 5.71. The molecule has 0 spiro atoms. The molecule has 162 valence electrons. The number of nitrogens with one attached hydrogen (secondary N) is 2. The molecule has 5 rings (SSSR count). The van der Waals surface area contributed by atoms with Gasteiger partial charge in [0.1, 0.15) is 17.7 Å². The number of anilines is 2. The number of benzene rings is 2. The van der Waals surface area contributed by atoms with Crippen molar-refractivity contribution in [3.05, 3.63) is 71.7 Å². The van der Waals surface area contributed by atoms with E-state index < -0.39 is 0 Å². The number of aromatic nitrogens is 1. The first-order valence-electron chi connectivity index (χ1n) is 10.5. The predicted molar refractivity (Wildman–Crippen MR) is 121 cm³/mol. The largest absolute Gasteiger partial charge is 0.496 e. The SMILES string of the molecule is COc1cccc(F)c1-c1cc2c(cn1)NNC2N1CCN(c2ccc(C#N)cc2)CC1. The lowest BCUT2D eigenvalue weighted by atomic mass is 10.0. The predicted octanol–water partition coefficient (Wildman–Crippen LogP) is 3.52. The van der Waals surface area contributed by atoms with Crippen LogP contribution in [0.3, 0.4) is 0 Å². The van der Waals surface area contributed by atoms with Crippen molar-refractivity contribution in [2.75, 3.05) is 43.6 Å². The molecule has 0 radical (unpaired) electrons. The van der Waals surface area contributed by atoms with Crippen molar-refractivity contribution in [3.63, 3.8) is 0 Å². The van der Waals surface area contributed by atoms with Crippen molar-refractivity contribution in [3.8, 4) is 23.1 Å². The van der Waals surface area contributed by atoms with E-state index in [4.69, 9.17) is 10.00 Å². The molecule has 3 aromatic rings. The van der Waals surface area contributed by atoms with Crippen molar-refractivity contribution in [1.29, 1.82) is 5.26 Å². The molecule has 0 bridgehead atoms. The van der Waals surface area contributed by atoms with Crippen LogP contribution in [0.15, 0.2) is 54.7 Å². The number of rotatable bonds is 4. The normalized spacial score (nSPS) is 18.0. The number of halogens is 1. The van der Waals surface area contributed by atoms with Crippen LogP contribution >= 0.6 is 0 Å². The maximum absolute atomic E-state index is 14.6. The second-order valence-corrected chi connectivity index (χ2v) is 7.83. The molecule has 7 nitrogen and oxygen atoms in total. The van der Waals surface area contributed by atoms with Crippen LogP contribution in [-0.2, 0) is 0 Å². The second kappa shape index (κ2) is 8.46. The second-order valence-electron chi connectivity index (χ2n) is 7.83. The first-order valence-corrected chi connectivity index (χ1v) is 10.5. The summed E-state index contributed by atoms with van der Waals surface area (Å²) in [5.74, 6) is 0.104. The Hall–Kier alpha value is -3.67. The zero-order chi connectivity index (χ0) is 22.1. The molecule has 0 amide bonds. The lowest BCUT2D eigenvalue weighted by Crippen LogP contribution is -2.50. The average molecular weight is 430 g/mol. The van der Waals surface area contributed by atoms with E-state index in [0.29, 0.717) is 22.6 Å². The quantitative estimate of drug-likeness (QED) is 0.656. The van der Waals surface area contributed by atoms with E-state index in [1.165, 1.54) is 13.2 Å². The number of piperazine rings is 1. The third-order valence-electron chi connectivity index (χ3n) is 6.07. The highest BCUT2D eigenvalue weighted by atomic mass is 19.1. The van der Waals surface area contributed by atoms with E-state index in [0.717, 1.165) is 43.1 Å². The molecule has 1 fully saturated rings. The number of hydrogen-bond donors (Lipinski definition) is 2. The van der Waals surface area contributed by atoms with Gasteiger partial charge in [0.25, 0.3) is 0 Å². The Morgan fingerprint density at radius 3 is 2.62 bits per heavy atom. The third-order valence-corrected chi connectivity index (χ3v) is 6.07. The van der Waals surface area contributed by atoms with Crippen LogP contribution in [0.2, 0.25) is 0 Å². The van der Waals surface area contributed by atoms with Crippen molar-refractivity contribution < 1.29 is 9.13 Å². The summed E-state index contributed by atoms with van der Waals surface area (Å²) in [6.07, 6.45) is 1.70. The van der Waals surface area contributed by atoms with E-state index >= 15 is 0 Å². The molecule has 0 saturated carbocycles.